The SMILES string of the molecule is Brc1cccc(CC(Br)C2Cc3ccccc32)c1. The second kappa shape index (κ2) is 5.18. The molecule has 0 amide bonds. The smallest absolute Gasteiger partial charge is 0.0258 e. The molecule has 2 aromatic carbocycles. The number of fused-ring (bicyclic) bond motifs is 1. The Balaban J connectivity index is 1.72. The highest BCUT2D eigenvalue weighted by atomic mass is 79.9. The second-order valence-corrected chi connectivity index (χ2v) is 6.95. The summed E-state index contributed by atoms with van der Waals surface area (Å²) in [5, 5.41) is 0. The van der Waals surface area contributed by atoms with E-state index in [9.17, 15) is 0 Å². The van der Waals surface area contributed by atoms with Crippen LogP contribution < -0.4 is 0 Å². The first kappa shape index (κ1) is 12.4. The van der Waals surface area contributed by atoms with Gasteiger partial charge < -0.3 is 0 Å². The molecule has 0 radical (unpaired) electrons. The molecule has 1 aliphatic carbocycles. The summed E-state index contributed by atoms with van der Waals surface area (Å²) in [6, 6.07) is 17.4. The third-order valence-corrected chi connectivity index (χ3v) is 5.11. The zero-order valence-electron chi connectivity index (χ0n) is 9.94. The number of hydrogen-bond donors (Lipinski definition) is 0. The Kier molecular flexibility index (Phi) is 3.58. The fourth-order valence-corrected chi connectivity index (χ4v) is 3.94. The van der Waals surface area contributed by atoms with Gasteiger partial charge in [-0.15, -0.1) is 0 Å². The third kappa shape index (κ3) is 2.41. The van der Waals surface area contributed by atoms with Crippen LogP contribution in [-0.4, -0.2) is 4.83 Å². The molecule has 0 fully saturated rings. The van der Waals surface area contributed by atoms with Crippen LogP contribution in [0.3, 0.4) is 0 Å². The Morgan fingerprint density at radius 1 is 1.11 bits per heavy atom. The van der Waals surface area contributed by atoms with Gasteiger partial charge in [0.15, 0.2) is 0 Å². The van der Waals surface area contributed by atoms with Crippen molar-refractivity contribution in [1.82, 2.24) is 0 Å². The van der Waals surface area contributed by atoms with Crippen molar-refractivity contribution in [2.75, 3.05) is 0 Å². The zero-order chi connectivity index (χ0) is 12.5. The molecule has 2 aromatic rings. The van der Waals surface area contributed by atoms with Crippen molar-refractivity contribution in [2.45, 2.75) is 23.6 Å². The first-order chi connectivity index (χ1) is 8.74. The van der Waals surface area contributed by atoms with E-state index in [0.29, 0.717) is 10.7 Å². The molecule has 0 nitrogen and oxygen atoms in total. The molecule has 18 heavy (non-hydrogen) atoms. The van der Waals surface area contributed by atoms with E-state index < -0.39 is 0 Å². The van der Waals surface area contributed by atoms with E-state index in [0.717, 1.165) is 10.9 Å². The van der Waals surface area contributed by atoms with Gasteiger partial charge >= 0.3 is 0 Å². The lowest BCUT2D eigenvalue weighted by Gasteiger charge is -2.34. The molecule has 0 saturated carbocycles. The summed E-state index contributed by atoms with van der Waals surface area (Å²) in [5.74, 6) is 0.667. The molecule has 2 heteroatoms. The van der Waals surface area contributed by atoms with E-state index in [1.54, 1.807) is 0 Å². The number of rotatable bonds is 3. The van der Waals surface area contributed by atoms with E-state index in [4.69, 9.17) is 0 Å². The molecule has 0 saturated heterocycles. The quantitative estimate of drug-likeness (QED) is 0.664. The first-order valence-corrected chi connectivity index (χ1v) is 7.91. The van der Waals surface area contributed by atoms with Crippen molar-refractivity contribution in [3.63, 3.8) is 0 Å². The number of halogens is 2. The lowest BCUT2D eigenvalue weighted by Crippen LogP contribution is -2.26. The summed E-state index contributed by atoms with van der Waals surface area (Å²) in [5.41, 5.74) is 4.42. The minimum Gasteiger partial charge on any atom is -0.0880 e. The third-order valence-electron chi connectivity index (χ3n) is 3.65. The molecule has 0 aromatic heterocycles. The topological polar surface area (TPSA) is 0 Å². The lowest BCUT2D eigenvalue weighted by atomic mass is 9.75. The molecule has 92 valence electrons. The molecule has 3 rings (SSSR count). The first-order valence-electron chi connectivity index (χ1n) is 6.20. The predicted molar refractivity (Wildman–Crippen MR) is 83.4 cm³/mol. The van der Waals surface area contributed by atoms with Gasteiger partial charge in [-0.05, 0) is 41.7 Å². The monoisotopic (exact) mass is 364 g/mol. The van der Waals surface area contributed by atoms with Gasteiger partial charge in [-0.1, -0.05) is 68.3 Å². The fourth-order valence-electron chi connectivity index (χ4n) is 2.65. The summed E-state index contributed by atoms with van der Waals surface area (Å²) < 4.78 is 1.16. The van der Waals surface area contributed by atoms with Crippen LogP contribution in [0.15, 0.2) is 53.0 Å². The van der Waals surface area contributed by atoms with Gasteiger partial charge in [-0.2, -0.15) is 0 Å². The van der Waals surface area contributed by atoms with Crippen molar-refractivity contribution < 1.29 is 0 Å². The largest absolute Gasteiger partial charge is 0.0880 e. The average molecular weight is 366 g/mol. The van der Waals surface area contributed by atoms with Gasteiger partial charge in [0.05, 0.1) is 0 Å². The second-order valence-electron chi connectivity index (χ2n) is 4.86. The summed E-state index contributed by atoms with van der Waals surface area (Å²) in [7, 11) is 0. The Bertz CT molecular complexity index is 563. The van der Waals surface area contributed by atoms with E-state index >= 15 is 0 Å². The van der Waals surface area contributed by atoms with Crippen LogP contribution in [0.25, 0.3) is 0 Å². The number of alkyl halides is 1. The number of hydrogen-bond acceptors (Lipinski definition) is 0. The minimum atomic E-state index is 0.529. The van der Waals surface area contributed by atoms with Crippen LogP contribution >= 0.6 is 31.9 Å². The summed E-state index contributed by atoms with van der Waals surface area (Å²) in [6.45, 7) is 0. The van der Waals surface area contributed by atoms with Gasteiger partial charge in [-0.25, -0.2) is 0 Å². The highest BCUT2D eigenvalue weighted by molar-refractivity contribution is 9.10. The van der Waals surface area contributed by atoms with Gasteiger partial charge in [0.1, 0.15) is 0 Å². The Morgan fingerprint density at radius 2 is 1.94 bits per heavy atom. The maximum atomic E-state index is 3.87. The normalized spacial score (nSPS) is 18.9. The predicted octanol–water partition coefficient (Wildman–Crippen LogP) is 5.10. The Labute approximate surface area is 125 Å². The van der Waals surface area contributed by atoms with Gasteiger partial charge in [0.25, 0.3) is 0 Å². The molecule has 2 atom stereocenters. The van der Waals surface area contributed by atoms with E-state index in [1.165, 1.54) is 23.1 Å². The van der Waals surface area contributed by atoms with Crippen molar-refractivity contribution in [3.05, 3.63) is 69.7 Å². The molecular formula is C16H14Br2. The molecule has 2 unspecified atom stereocenters. The molecule has 0 spiro atoms. The highest BCUT2D eigenvalue weighted by Gasteiger charge is 2.31. The standard InChI is InChI=1S/C16H14Br2/c17-13-6-3-4-11(8-13)9-16(18)15-10-12-5-1-2-7-14(12)15/h1-8,15-16H,9-10H2. The van der Waals surface area contributed by atoms with Crippen LogP contribution in [0.4, 0.5) is 0 Å². The maximum Gasteiger partial charge on any atom is 0.0258 e. The fraction of sp³-hybridized carbons (Fsp3) is 0.250. The molecule has 0 heterocycles. The molecule has 0 aliphatic heterocycles. The van der Waals surface area contributed by atoms with Gasteiger partial charge in [0, 0.05) is 15.2 Å². The van der Waals surface area contributed by atoms with Gasteiger partial charge in [-0.3, -0.25) is 0 Å². The van der Waals surface area contributed by atoms with Crippen molar-refractivity contribution in [3.8, 4) is 0 Å². The van der Waals surface area contributed by atoms with Crippen LogP contribution in [0.2, 0.25) is 0 Å². The number of benzene rings is 2. The maximum absolute atomic E-state index is 3.87. The Morgan fingerprint density at radius 3 is 2.72 bits per heavy atom. The van der Waals surface area contributed by atoms with Crippen molar-refractivity contribution >= 4 is 31.9 Å². The molecule has 1 aliphatic rings. The zero-order valence-corrected chi connectivity index (χ0v) is 13.1. The van der Waals surface area contributed by atoms with E-state index in [2.05, 4.69) is 80.4 Å². The van der Waals surface area contributed by atoms with Crippen LogP contribution in [0, 0.1) is 0 Å². The summed E-state index contributed by atoms with van der Waals surface area (Å²) >= 11 is 7.40. The van der Waals surface area contributed by atoms with Crippen molar-refractivity contribution in [2.24, 2.45) is 0 Å². The minimum absolute atomic E-state index is 0.529. The lowest BCUT2D eigenvalue weighted by molar-refractivity contribution is 0.580. The van der Waals surface area contributed by atoms with Crippen LogP contribution in [0.1, 0.15) is 22.6 Å². The average Bonchev–Trinajstić information content (AvgIpc) is 2.30. The highest BCUT2D eigenvalue weighted by Crippen LogP contribution is 2.41. The van der Waals surface area contributed by atoms with Crippen LogP contribution in [0.5, 0.6) is 0 Å². The Hall–Kier alpha value is -0.600. The van der Waals surface area contributed by atoms with Crippen LogP contribution in [-0.2, 0) is 12.8 Å². The molecular weight excluding hydrogens is 352 g/mol. The van der Waals surface area contributed by atoms with E-state index in [-0.39, 0.29) is 0 Å². The molecule has 0 N–H and O–H groups in total. The van der Waals surface area contributed by atoms with Gasteiger partial charge in [0.2, 0.25) is 0 Å². The van der Waals surface area contributed by atoms with Crippen molar-refractivity contribution in [1.29, 1.82) is 0 Å². The summed E-state index contributed by atoms with van der Waals surface area (Å²) in [6.07, 6.45) is 2.29. The summed E-state index contributed by atoms with van der Waals surface area (Å²) in [4.78, 5) is 0.529. The van der Waals surface area contributed by atoms with E-state index in [1.807, 2.05) is 0 Å². The molecule has 0 bridgehead atoms.